The molecule has 0 aliphatic carbocycles. The molecule has 120 valence electrons. The predicted molar refractivity (Wildman–Crippen MR) is 93.2 cm³/mol. The zero-order valence-corrected chi connectivity index (χ0v) is 13.6. The molecule has 3 rings (SSSR count). The van der Waals surface area contributed by atoms with Gasteiger partial charge in [0, 0.05) is 23.5 Å². The first-order valence-electron chi connectivity index (χ1n) is 7.96. The lowest BCUT2D eigenvalue weighted by molar-refractivity contribution is -0.115. The van der Waals surface area contributed by atoms with Crippen LogP contribution >= 0.6 is 0 Å². The lowest BCUT2D eigenvalue weighted by Gasteiger charge is -2.36. The van der Waals surface area contributed by atoms with E-state index in [0.717, 1.165) is 24.3 Å². The van der Waals surface area contributed by atoms with Crippen LogP contribution in [0.5, 0.6) is 5.75 Å². The van der Waals surface area contributed by atoms with Crippen molar-refractivity contribution < 1.29 is 9.53 Å². The number of carbonyl (C=O) groups excluding carboxylic acids is 1. The zero-order chi connectivity index (χ0) is 16.2. The maximum atomic E-state index is 12.4. The number of carbonyl (C=O) groups is 1. The van der Waals surface area contributed by atoms with E-state index in [-0.39, 0.29) is 5.91 Å². The van der Waals surface area contributed by atoms with Crippen molar-refractivity contribution in [2.24, 2.45) is 0 Å². The van der Waals surface area contributed by atoms with E-state index in [4.69, 9.17) is 4.74 Å². The van der Waals surface area contributed by atoms with Gasteiger partial charge in [-0.05, 0) is 43.5 Å². The molecule has 1 N–H and O–H groups in total. The van der Waals surface area contributed by atoms with Gasteiger partial charge in [0.25, 0.3) is 0 Å². The lowest BCUT2D eigenvalue weighted by Crippen LogP contribution is -2.42. The molecule has 4 nitrogen and oxygen atoms in total. The van der Waals surface area contributed by atoms with Gasteiger partial charge in [-0.1, -0.05) is 24.3 Å². The number of anilines is 2. The van der Waals surface area contributed by atoms with Crippen molar-refractivity contribution in [2.75, 3.05) is 23.9 Å². The van der Waals surface area contributed by atoms with Crippen LogP contribution in [0.4, 0.5) is 11.4 Å². The van der Waals surface area contributed by atoms with Crippen molar-refractivity contribution in [3.05, 3.63) is 54.1 Å². The third-order valence-electron chi connectivity index (χ3n) is 4.33. The highest BCUT2D eigenvalue weighted by atomic mass is 16.5. The summed E-state index contributed by atoms with van der Waals surface area (Å²) in [6.07, 6.45) is 2.15. The summed E-state index contributed by atoms with van der Waals surface area (Å²) in [5, 5.41) is 2.95. The fraction of sp³-hybridized carbons (Fsp3) is 0.316. The number of hydrogen-bond donors (Lipinski definition) is 1. The number of aryl methyl sites for hydroxylation is 1. The molecule has 2 aromatic rings. The Labute approximate surface area is 137 Å². The van der Waals surface area contributed by atoms with Gasteiger partial charge in [-0.15, -0.1) is 0 Å². The molecule has 0 spiro atoms. The lowest BCUT2D eigenvalue weighted by atomic mass is 9.96. The summed E-state index contributed by atoms with van der Waals surface area (Å²) < 4.78 is 5.19. The Morgan fingerprint density at radius 3 is 2.91 bits per heavy atom. The van der Waals surface area contributed by atoms with Crippen LogP contribution in [0.15, 0.2) is 48.5 Å². The fourth-order valence-corrected chi connectivity index (χ4v) is 3.06. The molecule has 2 aromatic carbocycles. The summed E-state index contributed by atoms with van der Waals surface area (Å²) in [6, 6.07) is 16.1. The van der Waals surface area contributed by atoms with Crippen LogP contribution < -0.4 is 15.0 Å². The molecule has 1 atom stereocenters. The number of nitrogens with one attached hydrogen (secondary N) is 1. The first-order chi connectivity index (χ1) is 11.2. The minimum absolute atomic E-state index is 0.0122. The Bertz CT molecular complexity index is 699. The van der Waals surface area contributed by atoms with Gasteiger partial charge in [-0.2, -0.15) is 0 Å². The molecule has 0 radical (unpaired) electrons. The Balaban J connectivity index is 1.72. The number of methoxy groups -OCH3 is 1. The van der Waals surface area contributed by atoms with Crippen molar-refractivity contribution in [2.45, 2.75) is 25.8 Å². The summed E-state index contributed by atoms with van der Waals surface area (Å²) >= 11 is 0. The highest BCUT2D eigenvalue weighted by Gasteiger charge is 2.24. The highest BCUT2D eigenvalue weighted by Crippen LogP contribution is 2.30. The van der Waals surface area contributed by atoms with Crippen molar-refractivity contribution in [1.29, 1.82) is 0 Å². The largest absolute Gasteiger partial charge is 0.497 e. The molecule has 1 heterocycles. The van der Waals surface area contributed by atoms with E-state index in [1.54, 1.807) is 7.11 Å². The molecule has 1 aliphatic heterocycles. The molecule has 0 fully saturated rings. The number of nitrogens with zero attached hydrogens (tertiary/aromatic N) is 1. The summed E-state index contributed by atoms with van der Waals surface area (Å²) in [7, 11) is 1.62. The van der Waals surface area contributed by atoms with Crippen LogP contribution in [0.3, 0.4) is 0 Å². The Morgan fingerprint density at radius 2 is 2.09 bits per heavy atom. The minimum Gasteiger partial charge on any atom is -0.497 e. The third-order valence-corrected chi connectivity index (χ3v) is 4.33. The first kappa shape index (κ1) is 15.4. The topological polar surface area (TPSA) is 41.6 Å². The van der Waals surface area contributed by atoms with E-state index in [2.05, 4.69) is 35.3 Å². The van der Waals surface area contributed by atoms with Gasteiger partial charge in [0.2, 0.25) is 5.91 Å². The summed E-state index contributed by atoms with van der Waals surface area (Å²) in [4.78, 5) is 14.6. The number of rotatable bonds is 4. The number of hydrogen-bond acceptors (Lipinski definition) is 3. The van der Waals surface area contributed by atoms with Gasteiger partial charge in [-0.25, -0.2) is 0 Å². The number of ether oxygens (including phenoxy) is 1. The van der Waals surface area contributed by atoms with Gasteiger partial charge >= 0.3 is 0 Å². The van der Waals surface area contributed by atoms with Crippen LogP contribution in [-0.2, 0) is 11.2 Å². The van der Waals surface area contributed by atoms with Gasteiger partial charge in [0.15, 0.2) is 0 Å². The monoisotopic (exact) mass is 310 g/mol. The summed E-state index contributed by atoms with van der Waals surface area (Å²) in [5.41, 5.74) is 3.25. The number of fused-ring (bicyclic) bond motifs is 1. The van der Waals surface area contributed by atoms with Crippen molar-refractivity contribution in [3.63, 3.8) is 0 Å². The summed E-state index contributed by atoms with van der Waals surface area (Å²) in [6.45, 7) is 2.53. The standard InChI is InChI=1S/C19H22N2O2/c1-14-10-11-15-6-3-4-9-18(15)21(14)13-19(22)20-16-7-5-8-17(12-16)23-2/h3-9,12,14H,10-11,13H2,1-2H3,(H,20,22)/t14-/m1/s1. The second kappa shape index (κ2) is 6.73. The molecule has 0 unspecified atom stereocenters. The first-order valence-corrected chi connectivity index (χ1v) is 7.96. The smallest absolute Gasteiger partial charge is 0.243 e. The average molecular weight is 310 g/mol. The highest BCUT2D eigenvalue weighted by molar-refractivity contribution is 5.94. The number of para-hydroxylation sites is 1. The normalized spacial score (nSPS) is 16.6. The Kier molecular flexibility index (Phi) is 4.51. The van der Waals surface area contributed by atoms with Gasteiger partial charge in [0.05, 0.1) is 13.7 Å². The van der Waals surface area contributed by atoms with Gasteiger partial charge in [0.1, 0.15) is 5.75 Å². The average Bonchev–Trinajstić information content (AvgIpc) is 2.57. The van der Waals surface area contributed by atoms with E-state index in [1.165, 1.54) is 11.3 Å². The van der Waals surface area contributed by atoms with Crippen molar-refractivity contribution in [3.8, 4) is 5.75 Å². The van der Waals surface area contributed by atoms with E-state index in [1.807, 2.05) is 30.3 Å². The molecular weight excluding hydrogens is 288 g/mol. The molecule has 0 saturated carbocycles. The van der Waals surface area contributed by atoms with Crippen LogP contribution in [0.1, 0.15) is 18.9 Å². The predicted octanol–water partition coefficient (Wildman–Crippen LogP) is 3.48. The SMILES string of the molecule is COc1cccc(NC(=O)CN2c3ccccc3CC[C@H]2C)c1. The number of amides is 1. The maximum absolute atomic E-state index is 12.4. The van der Waals surface area contributed by atoms with Crippen molar-refractivity contribution >= 4 is 17.3 Å². The molecule has 0 bridgehead atoms. The number of benzene rings is 2. The minimum atomic E-state index is -0.0122. The van der Waals surface area contributed by atoms with Crippen LogP contribution in [-0.4, -0.2) is 25.6 Å². The zero-order valence-electron chi connectivity index (χ0n) is 13.6. The van der Waals surface area contributed by atoms with E-state index < -0.39 is 0 Å². The van der Waals surface area contributed by atoms with Gasteiger partial charge in [-0.3, -0.25) is 4.79 Å². The molecule has 1 aliphatic rings. The molecule has 1 amide bonds. The second-order valence-corrected chi connectivity index (χ2v) is 5.92. The molecule has 0 saturated heterocycles. The van der Waals surface area contributed by atoms with Crippen LogP contribution in [0.25, 0.3) is 0 Å². The molecule has 23 heavy (non-hydrogen) atoms. The fourth-order valence-electron chi connectivity index (χ4n) is 3.06. The van der Waals surface area contributed by atoms with E-state index >= 15 is 0 Å². The maximum Gasteiger partial charge on any atom is 0.243 e. The van der Waals surface area contributed by atoms with Crippen LogP contribution in [0.2, 0.25) is 0 Å². The summed E-state index contributed by atoms with van der Waals surface area (Å²) in [5.74, 6) is 0.723. The van der Waals surface area contributed by atoms with Gasteiger partial charge < -0.3 is 15.0 Å². The Morgan fingerprint density at radius 1 is 1.26 bits per heavy atom. The molecular formula is C19H22N2O2. The van der Waals surface area contributed by atoms with Crippen LogP contribution in [0, 0.1) is 0 Å². The van der Waals surface area contributed by atoms with E-state index in [9.17, 15) is 4.79 Å². The third kappa shape index (κ3) is 3.47. The quantitative estimate of drug-likeness (QED) is 0.940. The van der Waals surface area contributed by atoms with Crippen molar-refractivity contribution in [1.82, 2.24) is 0 Å². The molecule has 0 aromatic heterocycles. The second-order valence-electron chi connectivity index (χ2n) is 5.92. The molecule has 4 heteroatoms. The Hall–Kier alpha value is -2.49. The van der Waals surface area contributed by atoms with E-state index in [0.29, 0.717) is 12.6 Å².